The first-order chi connectivity index (χ1) is 15.4. The van der Waals surface area contributed by atoms with Gasteiger partial charge in [-0.25, -0.2) is 4.39 Å². The largest absolute Gasteiger partial charge is 0.484 e. The molecule has 9 heteroatoms. The Kier molecular flexibility index (Phi) is 7.26. The van der Waals surface area contributed by atoms with Crippen LogP contribution in [0.15, 0.2) is 52.9 Å². The van der Waals surface area contributed by atoms with Crippen molar-refractivity contribution in [2.45, 2.75) is 13.2 Å². The van der Waals surface area contributed by atoms with Gasteiger partial charge in [0, 0.05) is 42.8 Å². The first kappa shape index (κ1) is 22.9. The Bertz CT molecular complexity index is 1110. The van der Waals surface area contributed by atoms with Crippen LogP contribution in [0.2, 0.25) is 15.1 Å². The molecule has 1 amide bonds. The minimum Gasteiger partial charge on any atom is -0.484 e. The van der Waals surface area contributed by atoms with Crippen molar-refractivity contribution in [1.29, 1.82) is 0 Å². The number of piperazine rings is 1. The van der Waals surface area contributed by atoms with Gasteiger partial charge in [0.15, 0.2) is 5.76 Å². The topological polar surface area (TPSA) is 45.9 Å². The number of rotatable bonds is 6. The summed E-state index contributed by atoms with van der Waals surface area (Å²) in [6.07, 6.45) is 0. The van der Waals surface area contributed by atoms with Gasteiger partial charge in [-0.3, -0.25) is 9.69 Å². The van der Waals surface area contributed by atoms with E-state index < -0.39 is 5.82 Å². The normalized spacial score (nSPS) is 14.6. The van der Waals surface area contributed by atoms with Crippen LogP contribution < -0.4 is 4.74 Å². The standard InChI is InChI=1S/C23H20Cl3FN2O3/c24-16-2-1-15(19(25)11-16)13-28-7-9-29(10-8-28)23(30)22-6-4-18(32-22)14-31-21-5-3-17(27)12-20(21)26/h1-6,11-12H,7-10,13-14H2. The summed E-state index contributed by atoms with van der Waals surface area (Å²) in [5, 5.41) is 1.42. The molecule has 0 atom stereocenters. The molecule has 4 rings (SSSR count). The van der Waals surface area contributed by atoms with E-state index in [9.17, 15) is 9.18 Å². The van der Waals surface area contributed by atoms with Crippen LogP contribution in [-0.4, -0.2) is 41.9 Å². The quantitative estimate of drug-likeness (QED) is 0.424. The number of benzene rings is 2. The second kappa shape index (κ2) is 10.1. The zero-order chi connectivity index (χ0) is 22.7. The lowest BCUT2D eigenvalue weighted by molar-refractivity contribution is 0.0594. The molecule has 1 aliphatic heterocycles. The first-order valence-corrected chi connectivity index (χ1v) is 11.1. The van der Waals surface area contributed by atoms with Crippen LogP contribution >= 0.6 is 34.8 Å². The molecule has 0 saturated carbocycles. The molecular formula is C23H20Cl3FN2O3. The maximum absolute atomic E-state index is 13.1. The van der Waals surface area contributed by atoms with Crippen molar-refractivity contribution in [3.8, 4) is 5.75 Å². The monoisotopic (exact) mass is 496 g/mol. The van der Waals surface area contributed by atoms with Gasteiger partial charge in [-0.05, 0) is 48.0 Å². The number of ether oxygens (including phenoxy) is 1. The molecule has 32 heavy (non-hydrogen) atoms. The van der Waals surface area contributed by atoms with Crippen molar-refractivity contribution in [1.82, 2.24) is 9.80 Å². The predicted molar refractivity (Wildman–Crippen MR) is 122 cm³/mol. The summed E-state index contributed by atoms with van der Waals surface area (Å²) < 4.78 is 24.3. The molecule has 0 aliphatic carbocycles. The molecule has 3 aromatic rings. The Labute approximate surface area is 200 Å². The summed E-state index contributed by atoms with van der Waals surface area (Å²) in [5.74, 6) is 0.465. The molecular weight excluding hydrogens is 478 g/mol. The maximum Gasteiger partial charge on any atom is 0.289 e. The third-order valence-corrected chi connectivity index (χ3v) is 6.09. The summed E-state index contributed by atoms with van der Waals surface area (Å²) >= 11 is 18.2. The van der Waals surface area contributed by atoms with Crippen molar-refractivity contribution < 1.29 is 18.3 Å². The van der Waals surface area contributed by atoms with E-state index in [0.717, 1.165) is 18.7 Å². The molecule has 0 N–H and O–H groups in total. The first-order valence-electron chi connectivity index (χ1n) is 10.0. The number of carbonyl (C=O) groups excluding carboxylic acids is 1. The van der Waals surface area contributed by atoms with Crippen LogP contribution in [0.3, 0.4) is 0 Å². The highest BCUT2D eigenvalue weighted by Gasteiger charge is 2.24. The molecule has 0 radical (unpaired) electrons. The lowest BCUT2D eigenvalue weighted by Crippen LogP contribution is -2.48. The Morgan fingerprint density at radius 1 is 0.969 bits per heavy atom. The number of carbonyl (C=O) groups is 1. The average Bonchev–Trinajstić information content (AvgIpc) is 3.24. The lowest BCUT2D eigenvalue weighted by Gasteiger charge is -2.34. The van der Waals surface area contributed by atoms with Crippen molar-refractivity contribution >= 4 is 40.7 Å². The number of nitrogens with zero attached hydrogens (tertiary/aromatic N) is 2. The molecule has 5 nitrogen and oxygen atoms in total. The summed E-state index contributed by atoms with van der Waals surface area (Å²) in [4.78, 5) is 16.8. The van der Waals surface area contributed by atoms with Gasteiger partial charge < -0.3 is 14.1 Å². The fourth-order valence-electron chi connectivity index (χ4n) is 3.47. The smallest absolute Gasteiger partial charge is 0.289 e. The van der Waals surface area contributed by atoms with Crippen molar-refractivity contribution in [3.05, 3.63) is 86.5 Å². The van der Waals surface area contributed by atoms with Gasteiger partial charge >= 0.3 is 0 Å². The van der Waals surface area contributed by atoms with Gasteiger partial charge in [0.2, 0.25) is 0 Å². The summed E-state index contributed by atoms with van der Waals surface area (Å²) in [7, 11) is 0. The van der Waals surface area contributed by atoms with E-state index in [2.05, 4.69) is 4.90 Å². The minimum absolute atomic E-state index is 0.0776. The van der Waals surface area contributed by atoms with E-state index in [-0.39, 0.29) is 23.3 Å². The molecule has 2 heterocycles. The molecule has 1 aliphatic rings. The highest BCUT2D eigenvalue weighted by atomic mass is 35.5. The highest BCUT2D eigenvalue weighted by molar-refractivity contribution is 6.35. The Morgan fingerprint density at radius 2 is 1.75 bits per heavy atom. The van der Waals surface area contributed by atoms with E-state index >= 15 is 0 Å². The van der Waals surface area contributed by atoms with Crippen LogP contribution in [0.25, 0.3) is 0 Å². The van der Waals surface area contributed by atoms with Crippen LogP contribution in [0, 0.1) is 5.82 Å². The summed E-state index contributed by atoms with van der Waals surface area (Å²) in [6, 6.07) is 12.7. The number of hydrogen-bond donors (Lipinski definition) is 0. The van der Waals surface area contributed by atoms with Gasteiger partial charge in [-0.1, -0.05) is 40.9 Å². The molecule has 168 valence electrons. The van der Waals surface area contributed by atoms with Gasteiger partial charge in [-0.15, -0.1) is 0 Å². The zero-order valence-corrected chi connectivity index (χ0v) is 19.3. The SMILES string of the molecule is O=C(c1ccc(COc2ccc(F)cc2Cl)o1)N1CCN(Cc2ccc(Cl)cc2Cl)CC1. The van der Waals surface area contributed by atoms with Crippen LogP contribution in [0.4, 0.5) is 4.39 Å². The predicted octanol–water partition coefficient (Wildman–Crippen LogP) is 5.92. The summed E-state index contributed by atoms with van der Waals surface area (Å²) in [6.45, 7) is 3.40. The van der Waals surface area contributed by atoms with E-state index in [4.69, 9.17) is 44.0 Å². The number of furan rings is 1. The highest BCUT2D eigenvalue weighted by Crippen LogP contribution is 2.26. The molecule has 0 spiro atoms. The van der Waals surface area contributed by atoms with Crippen molar-refractivity contribution in [2.24, 2.45) is 0 Å². The van der Waals surface area contributed by atoms with Gasteiger partial charge in [0.05, 0.1) is 5.02 Å². The van der Waals surface area contributed by atoms with Gasteiger partial charge in [0.25, 0.3) is 5.91 Å². The van der Waals surface area contributed by atoms with E-state index in [1.54, 1.807) is 23.1 Å². The molecule has 2 aromatic carbocycles. The van der Waals surface area contributed by atoms with Crippen LogP contribution in [-0.2, 0) is 13.2 Å². The minimum atomic E-state index is -0.440. The Hall–Kier alpha value is -2.25. The average molecular weight is 498 g/mol. The molecule has 0 bridgehead atoms. The maximum atomic E-state index is 13.1. The lowest BCUT2D eigenvalue weighted by atomic mass is 10.2. The molecule has 1 fully saturated rings. The number of amides is 1. The number of halogens is 4. The second-order valence-electron chi connectivity index (χ2n) is 7.43. The second-order valence-corrected chi connectivity index (χ2v) is 8.68. The van der Waals surface area contributed by atoms with Gasteiger partial charge in [0.1, 0.15) is 23.9 Å². The fourth-order valence-corrected chi connectivity index (χ4v) is 4.16. The molecule has 1 aromatic heterocycles. The summed E-state index contributed by atoms with van der Waals surface area (Å²) in [5.41, 5.74) is 1.01. The zero-order valence-electron chi connectivity index (χ0n) is 17.0. The third-order valence-electron chi connectivity index (χ3n) is 5.20. The number of hydrogen-bond acceptors (Lipinski definition) is 4. The Balaban J connectivity index is 1.29. The van der Waals surface area contributed by atoms with Gasteiger partial charge in [-0.2, -0.15) is 0 Å². The van der Waals surface area contributed by atoms with E-state index in [1.165, 1.54) is 18.2 Å². The van der Waals surface area contributed by atoms with Crippen molar-refractivity contribution in [2.75, 3.05) is 26.2 Å². The van der Waals surface area contributed by atoms with Crippen molar-refractivity contribution in [3.63, 3.8) is 0 Å². The Morgan fingerprint density at radius 3 is 2.47 bits per heavy atom. The van der Waals surface area contributed by atoms with E-state index in [0.29, 0.717) is 41.2 Å². The molecule has 0 unspecified atom stereocenters. The van der Waals surface area contributed by atoms with Crippen LogP contribution in [0.5, 0.6) is 5.75 Å². The molecule has 1 saturated heterocycles. The third kappa shape index (κ3) is 5.56. The fraction of sp³-hybridized carbons (Fsp3) is 0.261. The van der Waals surface area contributed by atoms with Crippen LogP contribution in [0.1, 0.15) is 21.9 Å². The van der Waals surface area contributed by atoms with E-state index in [1.807, 2.05) is 12.1 Å².